The number of amidine groups is 1. The minimum atomic E-state index is -0.997. The first-order valence-corrected chi connectivity index (χ1v) is 10.4. The Bertz CT molecular complexity index is 1130. The summed E-state index contributed by atoms with van der Waals surface area (Å²) in [6.45, 7) is 1.84. The van der Waals surface area contributed by atoms with Crippen LogP contribution in [0, 0.1) is 0 Å². The van der Waals surface area contributed by atoms with Crippen LogP contribution in [0.4, 0.5) is 10.8 Å². The average Bonchev–Trinajstić information content (AvgIpc) is 3.40. The lowest BCUT2D eigenvalue weighted by Gasteiger charge is -2.22. The minimum Gasteiger partial charge on any atom is -0.478 e. The summed E-state index contributed by atoms with van der Waals surface area (Å²) in [4.78, 5) is 27.9. The molecule has 3 N–H and O–H groups in total. The minimum absolute atomic E-state index is 0.0988. The van der Waals surface area contributed by atoms with Gasteiger partial charge in [0.15, 0.2) is 0 Å². The Labute approximate surface area is 182 Å². The SMILES string of the molecule is CC(=O)N1N/C(=N\c2nnc(CNc3ccccc3C(=O)O)s2)CC1c1ccccc1. The lowest BCUT2D eigenvalue weighted by Crippen LogP contribution is -2.38. The summed E-state index contributed by atoms with van der Waals surface area (Å²) in [5, 5.41) is 23.3. The number of hydrogen-bond acceptors (Lipinski definition) is 7. The maximum atomic E-state index is 12.1. The topological polar surface area (TPSA) is 120 Å². The van der Waals surface area contributed by atoms with Crippen LogP contribution < -0.4 is 10.7 Å². The quantitative estimate of drug-likeness (QED) is 0.542. The highest BCUT2D eigenvalue weighted by atomic mass is 32.1. The van der Waals surface area contributed by atoms with E-state index in [1.165, 1.54) is 24.3 Å². The predicted octanol–water partition coefficient (Wildman–Crippen LogP) is 3.38. The number of para-hydroxylation sites is 1. The van der Waals surface area contributed by atoms with Gasteiger partial charge in [-0.1, -0.05) is 53.8 Å². The normalized spacial score (nSPS) is 16.9. The van der Waals surface area contributed by atoms with Crippen molar-refractivity contribution in [3.05, 3.63) is 70.7 Å². The van der Waals surface area contributed by atoms with E-state index in [-0.39, 0.29) is 17.5 Å². The number of amides is 1. The highest BCUT2D eigenvalue weighted by Gasteiger charge is 2.32. The van der Waals surface area contributed by atoms with Gasteiger partial charge in [0, 0.05) is 19.0 Å². The molecule has 1 atom stereocenters. The number of hydrogen-bond donors (Lipinski definition) is 3. The van der Waals surface area contributed by atoms with E-state index in [0.29, 0.717) is 34.6 Å². The van der Waals surface area contributed by atoms with Gasteiger partial charge in [0.1, 0.15) is 10.8 Å². The summed E-state index contributed by atoms with van der Waals surface area (Å²) in [6.07, 6.45) is 0.544. The molecule has 9 nitrogen and oxygen atoms in total. The van der Waals surface area contributed by atoms with Gasteiger partial charge in [-0.3, -0.25) is 10.2 Å². The first-order chi connectivity index (χ1) is 15.0. The van der Waals surface area contributed by atoms with Crippen molar-refractivity contribution in [2.45, 2.75) is 25.9 Å². The molecular weight excluding hydrogens is 416 g/mol. The molecule has 0 saturated carbocycles. The summed E-state index contributed by atoms with van der Waals surface area (Å²) >= 11 is 1.30. The van der Waals surface area contributed by atoms with Gasteiger partial charge in [0.05, 0.1) is 18.2 Å². The Morgan fingerprint density at radius 1 is 1.19 bits per heavy atom. The van der Waals surface area contributed by atoms with E-state index in [1.54, 1.807) is 23.2 Å². The number of rotatable bonds is 6. The zero-order valence-electron chi connectivity index (χ0n) is 16.6. The third-order valence-corrected chi connectivity index (χ3v) is 5.56. The smallest absolute Gasteiger partial charge is 0.337 e. The zero-order chi connectivity index (χ0) is 21.8. The molecule has 3 aromatic rings. The van der Waals surface area contributed by atoms with E-state index in [0.717, 1.165) is 5.56 Å². The summed E-state index contributed by atoms with van der Waals surface area (Å²) in [7, 11) is 0. The molecule has 0 radical (unpaired) electrons. The van der Waals surface area contributed by atoms with Crippen LogP contribution in [0.15, 0.2) is 59.6 Å². The van der Waals surface area contributed by atoms with Gasteiger partial charge in [-0.05, 0) is 17.7 Å². The van der Waals surface area contributed by atoms with Crippen molar-refractivity contribution < 1.29 is 14.7 Å². The molecule has 1 fully saturated rings. The van der Waals surface area contributed by atoms with Crippen LogP contribution in [0.5, 0.6) is 0 Å². The molecule has 1 saturated heterocycles. The zero-order valence-corrected chi connectivity index (χ0v) is 17.5. The first kappa shape index (κ1) is 20.5. The highest BCUT2D eigenvalue weighted by molar-refractivity contribution is 7.15. The standard InChI is InChI=1S/C21H20N6O3S/c1-13(28)27-17(14-7-3-2-4-8-14)11-18(26-27)23-21-25-24-19(31-21)12-22-16-10-6-5-9-15(16)20(29)30/h2-10,17,22H,11-12H2,1H3,(H,29,30)(H,23,25,26). The number of anilines is 1. The summed E-state index contributed by atoms with van der Waals surface area (Å²) in [6, 6.07) is 16.3. The van der Waals surface area contributed by atoms with Crippen molar-refractivity contribution in [3.8, 4) is 0 Å². The fourth-order valence-corrected chi connectivity index (χ4v) is 3.99. The molecule has 2 aromatic carbocycles. The molecule has 0 bridgehead atoms. The maximum absolute atomic E-state index is 12.1. The van der Waals surface area contributed by atoms with Gasteiger partial charge in [-0.15, -0.1) is 10.2 Å². The second-order valence-corrected chi connectivity index (χ2v) is 7.91. The number of carboxylic acid groups (broad SMARTS) is 1. The van der Waals surface area contributed by atoms with Crippen LogP contribution in [0.25, 0.3) is 0 Å². The number of nitrogens with one attached hydrogen (secondary N) is 2. The lowest BCUT2D eigenvalue weighted by atomic mass is 10.0. The Balaban J connectivity index is 1.46. The molecule has 1 aliphatic heterocycles. The Hall–Kier alpha value is -3.79. The van der Waals surface area contributed by atoms with Crippen molar-refractivity contribution >= 4 is 39.9 Å². The molecule has 2 heterocycles. The van der Waals surface area contributed by atoms with Crippen molar-refractivity contribution in [1.29, 1.82) is 0 Å². The molecule has 158 valence electrons. The summed E-state index contributed by atoms with van der Waals surface area (Å²) in [5.41, 5.74) is 4.79. The number of benzene rings is 2. The molecular formula is C21H20N6O3S. The van der Waals surface area contributed by atoms with E-state index >= 15 is 0 Å². The molecule has 1 aliphatic rings. The third kappa shape index (κ3) is 4.69. The predicted molar refractivity (Wildman–Crippen MR) is 117 cm³/mol. The summed E-state index contributed by atoms with van der Waals surface area (Å²) in [5.74, 6) is -0.461. The fraction of sp³-hybridized carbons (Fsp3) is 0.190. The fourth-order valence-electron chi connectivity index (χ4n) is 3.32. The largest absolute Gasteiger partial charge is 0.478 e. The van der Waals surface area contributed by atoms with Crippen LogP contribution in [-0.4, -0.2) is 38.0 Å². The van der Waals surface area contributed by atoms with Crippen molar-refractivity contribution in [1.82, 2.24) is 20.6 Å². The molecule has 1 amide bonds. The van der Waals surface area contributed by atoms with Crippen molar-refractivity contribution in [2.75, 3.05) is 5.32 Å². The second kappa shape index (κ2) is 8.92. The maximum Gasteiger partial charge on any atom is 0.337 e. The molecule has 10 heteroatoms. The number of carboxylic acids is 1. The number of aliphatic imine (C=N–C) groups is 1. The van der Waals surface area contributed by atoms with Crippen LogP contribution >= 0.6 is 11.3 Å². The Morgan fingerprint density at radius 3 is 2.68 bits per heavy atom. The van der Waals surface area contributed by atoms with E-state index < -0.39 is 5.97 Å². The van der Waals surface area contributed by atoms with Crippen LogP contribution in [0.2, 0.25) is 0 Å². The molecule has 0 spiro atoms. The van der Waals surface area contributed by atoms with Gasteiger partial charge in [0.2, 0.25) is 11.0 Å². The summed E-state index contributed by atoms with van der Waals surface area (Å²) < 4.78 is 0. The number of carbonyl (C=O) groups is 2. The van der Waals surface area contributed by atoms with Crippen LogP contribution in [-0.2, 0) is 11.3 Å². The Morgan fingerprint density at radius 2 is 1.94 bits per heavy atom. The van der Waals surface area contributed by atoms with Gasteiger partial charge >= 0.3 is 5.97 Å². The molecule has 1 aromatic heterocycles. The average molecular weight is 436 g/mol. The van der Waals surface area contributed by atoms with Crippen LogP contribution in [0.3, 0.4) is 0 Å². The number of hydrazine groups is 1. The van der Waals surface area contributed by atoms with E-state index in [4.69, 9.17) is 0 Å². The highest BCUT2D eigenvalue weighted by Crippen LogP contribution is 2.30. The number of aromatic carboxylic acids is 1. The van der Waals surface area contributed by atoms with E-state index in [2.05, 4.69) is 25.9 Å². The third-order valence-electron chi connectivity index (χ3n) is 4.75. The monoisotopic (exact) mass is 436 g/mol. The van der Waals surface area contributed by atoms with Crippen molar-refractivity contribution in [2.24, 2.45) is 4.99 Å². The first-order valence-electron chi connectivity index (χ1n) is 9.59. The molecule has 31 heavy (non-hydrogen) atoms. The van der Waals surface area contributed by atoms with Crippen molar-refractivity contribution in [3.63, 3.8) is 0 Å². The van der Waals surface area contributed by atoms with Gasteiger partial charge < -0.3 is 10.4 Å². The number of nitrogens with zero attached hydrogens (tertiary/aromatic N) is 4. The van der Waals surface area contributed by atoms with Gasteiger partial charge in [-0.25, -0.2) is 14.8 Å². The Kier molecular flexibility index (Phi) is 5.89. The van der Waals surface area contributed by atoms with Gasteiger partial charge in [-0.2, -0.15) is 0 Å². The van der Waals surface area contributed by atoms with Crippen LogP contribution in [0.1, 0.15) is 40.3 Å². The van der Waals surface area contributed by atoms with E-state index in [1.807, 2.05) is 30.3 Å². The number of aromatic nitrogens is 2. The molecule has 1 unspecified atom stereocenters. The molecule has 4 rings (SSSR count). The number of carbonyl (C=O) groups excluding carboxylic acids is 1. The second-order valence-electron chi connectivity index (χ2n) is 6.87. The van der Waals surface area contributed by atoms with E-state index in [9.17, 15) is 14.7 Å². The van der Waals surface area contributed by atoms with Gasteiger partial charge in [0.25, 0.3) is 0 Å². The lowest BCUT2D eigenvalue weighted by molar-refractivity contribution is -0.132. The molecule has 0 aliphatic carbocycles.